The van der Waals surface area contributed by atoms with E-state index in [0.29, 0.717) is 27.7 Å². The maximum Gasteiger partial charge on any atom is 0.406 e. The Hall–Kier alpha value is -3.60. The Morgan fingerprint density at radius 1 is 1.23 bits per heavy atom. The molecule has 0 aliphatic heterocycles. The second kappa shape index (κ2) is 10.5. The summed E-state index contributed by atoms with van der Waals surface area (Å²) in [7, 11) is 0. The van der Waals surface area contributed by atoms with Crippen molar-refractivity contribution in [3.8, 4) is 17.0 Å². The van der Waals surface area contributed by atoms with Crippen molar-refractivity contribution in [3.05, 3.63) is 86.1 Å². The molecule has 0 unspecified atom stereocenters. The van der Waals surface area contributed by atoms with Crippen molar-refractivity contribution in [2.45, 2.75) is 65.1 Å². The van der Waals surface area contributed by atoms with Crippen LogP contribution in [0.1, 0.15) is 63.3 Å². The van der Waals surface area contributed by atoms with Crippen molar-refractivity contribution in [2.24, 2.45) is 5.92 Å². The van der Waals surface area contributed by atoms with E-state index in [-0.39, 0.29) is 11.8 Å². The molecule has 1 saturated carbocycles. The Balaban J connectivity index is 1.55. The fraction of sp³-hybridized carbons (Fsp3) is 0.393. The molecule has 1 aliphatic rings. The Kier molecular flexibility index (Phi) is 7.28. The summed E-state index contributed by atoms with van der Waals surface area (Å²) in [6.07, 6.45) is 10.4. The molecule has 11 heteroatoms. The third-order valence-electron chi connectivity index (χ3n) is 6.78. The molecule has 4 aromatic rings. The maximum atomic E-state index is 14.7. The van der Waals surface area contributed by atoms with Crippen LogP contribution >= 0.6 is 15.9 Å². The number of nitro groups is 1. The van der Waals surface area contributed by atoms with Gasteiger partial charge in [0.05, 0.1) is 16.4 Å². The Morgan fingerprint density at radius 2 is 2.00 bits per heavy atom. The normalized spacial score (nSPS) is 13.7. The molecule has 0 bridgehead atoms. The number of rotatable bonds is 10. The SMILES string of the molecule is CC(C)n1cc(Cc2cnn(CC3CC3)c2)c(-c2ccc(F)cc2C(C)(C)Oc2cc(Br)cnc2[N+](=O)[O-])n1. The van der Waals surface area contributed by atoms with E-state index in [1.54, 1.807) is 19.9 Å². The predicted octanol–water partition coefficient (Wildman–Crippen LogP) is 6.85. The van der Waals surface area contributed by atoms with E-state index in [9.17, 15) is 14.5 Å². The quantitative estimate of drug-likeness (QED) is 0.147. The van der Waals surface area contributed by atoms with Crippen molar-refractivity contribution in [3.63, 3.8) is 0 Å². The molecule has 1 aromatic carbocycles. The van der Waals surface area contributed by atoms with Gasteiger partial charge in [0.25, 0.3) is 0 Å². The predicted molar refractivity (Wildman–Crippen MR) is 148 cm³/mol. The number of hydrogen-bond donors (Lipinski definition) is 0. The van der Waals surface area contributed by atoms with Crippen LogP contribution in [0.4, 0.5) is 10.2 Å². The number of hydrogen-bond acceptors (Lipinski definition) is 6. The molecule has 3 aromatic heterocycles. The summed E-state index contributed by atoms with van der Waals surface area (Å²) in [5.74, 6) is -0.168. The van der Waals surface area contributed by atoms with Gasteiger partial charge in [-0.05, 0) is 96.1 Å². The fourth-order valence-corrected chi connectivity index (χ4v) is 4.92. The van der Waals surface area contributed by atoms with Crippen LogP contribution in [0.25, 0.3) is 11.3 Å². The Bertz CT molecular complexity index is 1530. The second-order valence-corrected chi connectivity index (χ2v) is 11.7. The monoisotopic (exact) mass is 596 g/mol. The number of ether oxygens (including phenoxy) is 1. The molecule has 0 N–H and O–H groups in total. The van der Waals surface area contributed by atoms with E-state index in [1.807, 2.05) is 35.6 Å². The summed E-state index contributed by atoms with van der Waals surface area (Å²) >= 11 is 3.30. The summed E-state index contributed by atoms with van der Waals surface area (Å²) < 4.78 is 25.3. The fourth-order valence-electron chi connectivity index (χ4n) is 4.61. The van der Waals surface area contributed by atoms with E-state index >= 15 is 0 Å². The zero-order chi connectivity index (χ0) is 27.9. The third-order valence-corrected chi connectivity index (χ3v) is 7.22. The molecule has 5 rings (SSSR count). The maximum absolute atomic E-state index is 14.7. The third kappa shape index (κ3) is 6.03. The van der Waals surface area contributed by atoms with Gasteiger partial charge in [0.2, 0.25) is 5.75 Å². The molecule has 0 amide bonds. The van der Waals surface area contributed by atoms with Crippen LogP contribution in [-0.2, 0) is 18.6 Å². The second-order valence-electron chi connectivity index (χ2n) is 10.8. The first-order valence-corrected chi connectivity index (χ1v) is 13.7. The van der Waals surface area contributed by atoms with Crippen LogP contribution in [0.15, 0.2) is 53.5 Å². The van der Waals surface area contributed by atoms with Gasteiger partial charge in [0.15, 0.2) is 6.20 Å². The highest BCUT2D eigenvalue weighted by atomic mass is 79.9. The molecule has 1 fully saturated rings. The van der Waals surface area contributed by atoms with Crippen LogP contribution in [0.3, 0.4) is 0 Å². The van der Waals surface area contributed by atoms with Crippen molar-refractivity contribution in [2.75, 3.05) is 0 Å². The lowest BCUT2D eigenvalue weighted by Crippen LogP contribution is -2.27. The van der Waals surface area contributed by atoms with Gasteiger partial charge >= 0.3 is 5.82 Å². The molecule has 3 heterocycles. The number of nitrogens with zero attached hydrogens (tertiary/aromatic N) is 6. The molecule has 204 valence electrons. The lowest BCUT2D eigenvalue weighted by atomic mass is 9.89. The minimum Gasteiger partial charge on any atom is -0.475 e. The first-order chi connectivity index (χ1) is 18.5. The van der Waals surface area contributed by atoms with E-state index in [2.05, 4.69) is 32.2 Å². The van der Waals surface area contributed by atoms with E-state index < -0.39 is 22.2 Å². The molecule has 0 radical (unpaired) electrons. The Morgan fingerprint density at radius 3 is 2.69 bits per heavy atom. The van der Waals surface area contributed by atoms with Gasteiger partial charge in [-0.2, -0.15) is 10.2 Å². The van der Waals surface area contributed by atoms with Crippen LogP contribution in [0.5, 0.6) is 5.75 Å². The lowest BCUT2D eigenvalue weighted by Gasteiger charge is -2.29. The first-order valence-electron chi connectivity index (χ1n) is 12.9. The zero-order valence-corrected chi connectivity index (χ0v) is 23.9. The average Bonchev–Trinajstić information content (AvgIpc) is 3.40. The number of benzene rings is 1. The van der Waals surface area contributed by atoms with Gasteiger partial charge in [0.1, 0.15) is 11.4 Å². The highest BCUT2D eigenvalue weighted by Gasteiger charge is 2.32. The summed E-state index contributed by atoms with van der Waals surface area (Å²) in [5.41, 5.74) is 2.76. The molecular weight excluding hydrogens is 567 g/mol. The standard InChI is InChI=1S/C28H30BrFN6O3/c1-17(2)35-16-20(9-19-12-32-34(15-19)14-18-5-6-18)26(33-35)23-8-7-22(30)11-24(23)28(3,4)39-25-10-21(29)13-31-27(25)36(37)38/h7-8,10-13,15-18H,5-6,9,14H2,1-4H3. The highest BCUT2D eigenvalue weighted by molar-refractivity contribution is 9.10. The van der Waals surface area contributed by atoms with Crippen molar-refractivity contribution in [1.82, 2.24) is 24.5 Å². The first kappa shape index (κ1) is 27.0. The molecule has 9 nitrogen and oxygen atoms in total. The summed E-state index contributed by atoms with van der Waals surface area (Å²) in [5, 5.41) is 21.0. The van der Waals surface area contributed by atoms with Gasteiger partial charge in [-0.25, -0.2) is 4.39 Å². The smallest absolute Gasteiger partial charge is 0.406 e. The van der Waals surface area contributed by atoms with Gasteiger partial charge in [0, 0.05) is 54.2 Å². The van der Waals surface area contributed by atoms with Crippen LogP contribution in [0, 0.1) is 21.8 Å². The minimum absolute atomic E-state index is 0.0226. The van der Waals surface area contributed by atoms with E-state index in [0.717, 1.165) is 23.6 Å². The van der Waals surface area contributed by atoms with Crippen molar-refractivity contribution >= 4 is 21.7 Å². The summed E-state index contributed by atoms with van der Waals surface area (Å²) in [6.45, 7) is 8.52. The number of pyridine rings is 1. The number of aromatic nitrogens is 5. The largest absolute Gasteiger partial charge is 0.475 e. The van der Waals surface area contributed by atoms with Crippen LogP contribution in [0.2, 0.25) is 0 Å². The van der Waals surface area contributed by atoms with Gasteiger partial charge < -0.3 is 14.9 Å². The van der Waals surface area contributed by atoms with Crippen LogP contribution < -0.4 is 4.74 Å². The zero-order valence-electron chi connectivity index (χ0n) is 22.3. The number of halogens is 2. The summed E-state index contributed by atoms with van der Waals surface area (Å²) in [4.78, 5) is 14.9. The average molecular weight is 597 g/mol. The van der Waals surface area contributed by atoms with Gasteiger partial charge in [-0.1, -0.05) is 0 Å². The molecule has 39 heavy (non-hydrogen) atoms. The molecule has 0 saturated heterocycles. The summed E-state index contributed by atoms with van der Waals surface area (Å²) in [6, 6.07) is 6.08. The highest BCUT2D eigenvalue weighted by Crippen LogP contribution is 2.40. The molecule has 1 aliphatic carbocycles. The molecule has 0 atom stereocenters. The molecule has 0 spiro atoms. The van der Waals surface area contributed by atoms with E-state index in [1.165, 1.54) is 37.2 Å². The topological polar surface area (TPSA) is 101 Å². The van der Waals surface area contributed by atoms with Gasteiger partial charge in [-0.3, -0.25) is 9.36 Å². The van der Waals surface area contributed by atoms with Crippen molar-refractivity contribution in [1.29, 1.82) is 0 Å². The van der Waals surface area contributed by atoms with Gasteiger partial charge in [-0.15, -0.1) is 0 Å². The van der Waals surface area contributed by atoms with Crippen LogP contribution in [-0.4, -0.2) is 29.5 Å². The molecular formula is C28H30BrFN6O3. The minimum atomic E-state index is -1.17. The Labute approximate surface area is 234 Å². The lowest BCUT2D eigenvalue weighted by molar-refractivity contribution is -0.391. The van der Waals surface area contributed by atoms with Crippen molar-refractivity contribution < 1.29 is 14.1 Å². The van der Waals surface area contributed by atoms with E-state index in [4.69, 9.17) is 9.84 Å².